The Hall–Kier alpha value is -2.39. The summed E-state index contributed by atoms with van der Waals surface area (Å²) in [7, 11) is 0. The number of nitrogens with one attached hydrogen (secondary N) is 2. The Morgan fingerprint density at radius 3 is 2.59 bits per heavy atom. The van der Waals surface area contributed by atoms with Crippen molar-refractivity contribution in [3.8, 4) is 6.07 Å². The number of rotatable bonds is 4. The second kappa shape index (κ2) is 6.98. The van der Waals surface area contributed by atoms with Crippen molar-refractivity contribution >= 4 is 11.8 Å². The van der Waals surface area contributed by atoms with Gasteiger partial charge in [-0.05, 0) is 5.56 Å². The minimum absolute atomic E-state index is 0.165. The minimum atomic E-state index is -0.934. The zero-order valence-corrected chi connectivity index (χ0v) is 8.97. The molecule has 2 N–H and O–H groups in total. The number of nitriles is 1. The number of carbonyl (C=O) groups excluding carboxylic acids is 2. The molecule has 17 heavy (non-hydrogen) atoms. The number of benzene rings is 1. The van der Waals surface area contributed by atoms with Crippen LogP contribution in [-0.4, -0.2) is 18.4 Å². The maximum absolute atomic E-state index is 11.1. The van der Waals surface area contributed by atoms with Gasteiger partial charge in [-0.15, -0.1) is 0 Å². The van der Waals surface area contributed by atoms with E-state index in [1.54, 1.807) is 6.07 Å². The zero-order chi connectivity index (χ0) is 12.5. The molecule has 0 aliphatic rings. The Kier molecular flexibility index (Phi) is 5.20. The number of nitrogens with zero attached hydrogens (tertiary/aromatic N) is 1. The van der Waals surface area contributed by atoms with Crippen molar-refractivity contribution < 1.29 is 14.4 Å². The molecule has 0 heterocycles. The third kappa shape index (κ3) is 4.77. The molecule has 0 saturated heterocycles. The van der Waals surface area contributed by atoms with E-state index in [2.05, 4.69) is 5.32 Å². The molecule has 0 aliphatic carbocycles. The maximum Gasteiger partial charge on any atom is 0.332 e. The molecule has 2 amide bonds. The molecular formula is C11H11N3O3. The lowest BCUT2D eigenvalue weighted by Gasteiger charge is -2.05. The van der Waals surface area contributed by atoms with E-state index in [1.807, 2.05) is 35.8 Å². The van der Waals surface area contributed by atoms with Crippen LogP contribution < -0.4 is 10.8 Å². The van der Waals surface area contributed by atoms with E-state index in [4.69, 9.17) is 10.1 Å². The van der Waals surface area contributed by atoms with Crippen LogP contribution in [0.5, 0.6) is 0 Å². The van der Waals surface area contributed by atoms with E-state index in [0.29, 0.717) is 0 Å². The summed E-state index contributed by atoms with van der Waals surface area (Å²) in [4.78, 5) is 26.9. The molecule has 1 aromatic rings. The van der Waals surface area contributed by atoms with Crippen molar-refractivity contribution in [2.24, 2.45) is 0 Å². The van der Waals surface area contributed by atoms with Gasteiger partial charge in [-0.1, -0.05) is 30.3 Å². The first kappa shape index (κ1) is 12.7. The van der Waals surface area contributed by atoms with E-state index in [-0.39, 0.29) is 13.2 Å². The molecular weight excluding hydrogens is 222 g/mol. The highest BCUT2D eigenvalue weighted by Crippen LogP contribution is 1.98. The summed E-state index contributed by atoms with van der Waals surface area (Å²) in [5.41, 5.74) is 2.85. The van der Waals surface area contributed by atoms with Gasteiger partial charge in [0.05, 0.1) is 12.7 Å². The molecule has 6 nitrogen and oxygen atoms in total. The van der Waals surface area contributed by atoms with Gasteiger partial charge >= 0.3 is 11.8 Å². The van der Waals surface area contributed by atoms with Gasteiger partial charge in [0.1, 0.15) is 6.54 Å². The van der Waals surface area contributed by atoms with Crippen molar-refractivity contribution in [2.75, 3.05) is 6.54 Å². The minimum Gasteiger partial charge on any atom is -0.335 e. The Labute approximate surface area is 98.1 Å². The topological polar surface area (TPSA) is 91.2 Å². The summed E-state index contributed by atoms with van der Waals surface area (Å²) in [6.07, 6.45) is 0. The van der Waals surface area contributed by atoms with Crippen LogP contribution in [0.1, 0.15) is 5.56 Å². The molecule has 0 saturated carbocycles. The van der Waals surface area contributed by atoms with Crippen molar-refractivity contribution in [1.82, 2.24) is 10.8 Å². The lowest BCUT2D eigenvalue weighted by Crippen LogP contribution is -2.39. The maximum atomic E-state index is 11.1. The highest BCUT2D eigenvalue weighted by Gasteiger charge is 2.12. The Morgan fingerprint density at radius 1 is 1.24 bits per heavy atom. The van der Waals surface area contributed by atoms with Gasteiger partial charge in [0.2, 0.25) is 0 Å². The van der Waals surface area contributed by atoms with E-state index in [1.165, 1.54) is 0 Å². The molecule has 1 rings (SSSR count). The molecule has 0 atom stereocenters. The summed E-state index contributed by atoms with van der Waals surface area (Å²) >= 11 is 0. The predicted molar refractivity (Wildman–Crippen MR) is 58.0 cm³/mol. The average Bonchev–Trinajstić information content (AvgIpc) is 2.37. The number of hydrogen-bond acceptors (Lipinski definition) is 4. The first-order valence-corrected chi connectivity index (χ1v) is 4.85. The largest absolute Gasteiger partial charge is 0.335 e. The summed E-state index contributed by atoms with van der Waals surface area (Å²) in [5.74, 6) is -1.84. The van der Waals surface area contributed by atoms with Crippen LogP contribution in [0.15, 0.2) is 30.3 Å². The standard InChI is InChI=1S/C11H11N3O3/c12-6-7-13-10(15)11(16)14-17-8-9-4-2-1-3-5-9/h1-5H,7-8H2,(H,13,15)(H,14,16). The predicted octanol–water partition coefficient (Wildman–Crippen LogP) is -0.126. The highest BCUT2D eigenvalue weighted by atomic mass is 16.7. The number of hydrogen-bond donors (Lipinski definition) is 2. The van der Waals surface area contributed by atoms with E-state index >= 15 is 0 Å². The number of hydroxylamine groups is 1. The van der Waals surface area contributed by atoms with Crippen LogP contribution in [-0.2, 0) is 21.0 Å². The molecule has 0 fully saturated rings. The van der Waals surface area contributed by atoms with Crippen molar-refractivity contribution in [3.05, 3.63) is 35.9 Å². The van der Waals surface area contributed by atoms with Crippen LogP contribution in [0.2, 0.25) is 0 Å². The fourth-order valence-corrected chi connectivity index (χ4v) is 1.01. The van der Waals surface area contributed by atoms with Crippen molar-refractivity contribution in [2.45, 2.75) is 6.61 Å². The summed E-state index contributed by atoms with van der Waals surface area (Å²) < 4.78 is 0. The molecule has 6 heteroatoms. The lowest BCUT2D eigenvalue weighted by atomic mass is 10.2. The van der Waals surface area contributed by atoms with Gasteiger partial charge in [0, 0.05) is 0 Å². The van der Waals surface area contributed by atoms with Crippen LogP contribution in [0, 0.1) is 11.3 Å². The van der Waals surface area contributed by atoms with E-state index in [0.717, 1.165) is 5.56 Å². The molecule has 0 unspecified atom stereocenters. The third-order valence-electron chi connectivity index (χ3n) is 1.78. The smallest absolute Gasteiger partial charge is 0.332 e. The fourth-order valence-electron chi connectivity index (χ4n) is 1.01. The van der Waals surface area contributed by atoms with Gasteiger partial charge in [-0.2, -0.15) is 5.26 Å². The van der Waals surface area contributed by atoms with Gasteiger partial charge in [-0.25, -0.2) is 5.48 Å². The van der Waals surface area contributed by atoms with Crippen molar-refractivity contribution in [1.29, 1.82) is 5.26 Å². The molecule has 0 aromatic heterocycles. The Balaban J connectivity index is 2.25. The highest BCUT2D eigenvalue weighted by molar-refractivity contribution is 6.34. The quantitative estimate of drug-likeness (QED) is 0.430. The Bertz CT molecular complexity index is 425. The zero-order valence-electron chi connectivity index (χ0n) is 8.97. The second-order valence-electron chi connectivity index (χ2n) is 3.05. The van der Waals surface area contributed by atoms with Crippen LogP contribution in [0.3, 0.4) is 0 Å². The number of amides is 2. The first-order valence-electron chi connectivity index (χ1n) is 4.85. The summed E-state index contributed by atoms with van der Waals surface area (Å²) in [6.45, 7) is -0.0525. The molecule has 0 spiro atoms. The Morgan fingerprint density at radius 2 is 1.94 bits per heavy atom. The molecule has 88 valence electrons. The summed E-state index contributed by atoms with van der Waals surface area (Å²) in [5, 5.41) is 10.3. The van der Waals surface area contributed by atoms with Crippen molar-refractivity contribution in [3.63, 3.8) is 0 Å². The molecule has 0 bridgehead atoms. The molecule has 1 aromatic carbocycles. The summed E-state index contributed by atoms with van der Waals surface area (Å²) in [6, 6.07) is 10.9. The van der Waals surface area contributed by atoms with Gasteiger partial charge in [0.15, 0.2) is 0 Å². The lowest BCUT2D eigenvalue weighted by molar-refractivity contribution is -0.147. The van der Waals surface area contributed by atoms with E-state index < -0.39 is 11.8 Å². The van der Waals surface area contributed by atoms with Crippen LogP contribution in [0.4, 0.5) is 0 Å². The monoisotopic (exact) mass is 233 g/mol. The third-order valence-corrected chi connectivity index (χ3v) is 1.78. The van der Waals surface area contributed by atoms with Gasteiger partial charge in [-0.3, -0.25) is 14.4 Å². The SMILES string of the molecule is N#CCNC(=O)C(=O)NOCc1ccccc1. The van der Waals surface area contributed by atoms with Crippen LogP contribution >= 0.6 is 0 Å². The molecule has 0 aliphatic heterocycles. The molecule has 0 radical (unpaired) electrons. The normalized spacial score (nSPS) is 9.12. The fraction of sp³-hybridized carbons (Fsp3) is 0.182. The second-order valence-corrected chi connectivity index (χ2v) is 3.05. The van der Waals surface area contributed by atoms with Gasteiger partial charge in [0.25, 0.3) is 0 Å². The first-order chi connectivity index (χ1) is 8.24. The van der Waals surface area contributed by atoms with Crippen LogP contribution in [0.25, 0.3) is 0 Å². The van der Waals surface area contributed by atoms with E-state index in [9.17, 15) is 9.59 Å². The average molecular weight is 233 g/mol. The number of carbonyl (C=O) groups is 2. The van der Waals surface area contributed by atoms with Gasteiger partial charge < -0.3 is 5.32 Å².